The van der Waals surface area contributed by atoms with E-state index in [2.05, 4.69) is 11.2 Å². The van der Waals surface area contributed by atoms with Gasteiger partial charge in [-0.1, -0.05) is 5.92 Å². The number of carbonyl (C=O) groups excluding carboxylic acids is 1. The molecule has 0 aromatic heterocycles. The lowest BCUT2D eigenvalue weighted by atomic mass is 10.1. The van der Waals surface area contributed by atoms with Crippen molar-refractivity contribution in [2.45, 2.75) is 6.92 Å². The first kappa shape index (κ1) is 13.5. The normalized spacial score (nSPS) is 9.65. The van der Waals surface area contributed by atoms with Crippen LogP contribution in [-0.4, -0.2) is 24.0 Å². The summed E-state index contributed by atoms with van der Waals surface area (Å²) in [6, 6.07) is 5.33. The molecule has 1 aromatic carbocycles. The third-order valence-corrected chi connectivity index (χ3v) is 2.94. The maximum Gasteiger partial charge on any atom is 0.251 e. The number of hydrogen-bond donors (Lipinski definition) is 2. The summed E-state index contributed by atoms with van der Waals surface area (Å²) in [4.78, 5) is 11.8. The second kappa shape index (κ2) is 6.87. The highest BCUT2D eigenvalue weighted by atomic mass is 32.2. The van der Waals surface area contributed by atoms with Crippen LogP contribution in [0.25, 0.3) is 0 Å². The van der Waals surface area contributed by atoms with E-state index in [-0.39, 0.29) is 5.91 Å². The average Bonchev–Trinajstić information content (AvgIpc) is 2.27. The Kier molecular flexibility index (Phi) is 5.44. The van der Waals surface area contributed by atoms with Crippen LogP contribution in [0.15, 0.2) is 18.2 Å². The van der Waals surface area contributed by atoms with Crippen LogP contribution in [0.1, 0.15) is 15.9 Å². The maximum absolute atomic E-state index is 11.8. The molecule has 0 atom stereocenters. The minimum absolute atomic E-state index is 0.0956. The molecule has 1 amide bonds. The van der Waals surface area contributed by atoms with E-state index in [1.165, 1.54) is 0 Å². The summed E-state index contributed by atoms with van der Waals surface area (Å²) < 4.78 is 0. The molecule has 0 aliphatic carbocycles. The van der Waals surface area contributed by atoms with E-state index in [0.29, 0.717) is 23.5 Å². The number of aryl methyl sites for hydroxylation is 1. The number of terminal acetylenes is 1. The monoisotopic (exact) mass is 248 g/mol. The van der Waals surface area contributed by atoms with Crippen LogP contribution in [0.5, 0.6) is 0 Å². The number of benzene rings is 1. The fraction of sp³-hybridized carbons (Fsp3) is 0.308. The van der Waals surface area contributed by atoms with Crippen molar-refractivity contribution in [3.05, 3.63) is 29.3 Å². The topological polar surface area (TPSA) is 55.1 Å². The largest absolute Gasteiger partial charge is 0.399 e. The lowest BCUT2D eigenvalue weighted by molar-refractivity contribution is 0.0956. The number of amides is 1. The number of rotatable bonds is 5. The van der Waals surface area contributed by atoms with Gasteiger partial charge in [-0.25, -0.2) is 0 Å². The van der Waals surface area contributed by atoms with Gasteiger partial charge in [0.25, 0.3) is 5.91 Å². The van der Waals surface area contributed by atoms with E-state index in [0.717, 1.165) is 11.3 Å². The lowest BCUT2D eigenvalue weighted by Crippen LogP contribution is -2.25. The molecule has 1 aromatic rings. The van der Waals surface area contributed by atoms with Crippen molar-refractivity contribution in [2.24, 2.45) is 0 Å². The van der Waals surface area contributed by atoms with E-state index in [1.807, 2.05) is 19.1 Å². The summed E-state index contributed by atoms with van der Waals surface area (Å²) in [7, 11) is 0. The highest BCUT2D eigenvalue weighted by Crippen LogP contribution is 2.11. The van der Waals surface area contributed by atoms with Crippen molar-refractivity contribution >= 4 is 23.4 Å². The van der Waals surface area contributed by atoms with Crippen LogP contribution in [0.2, 0.25) is 0 Å². The van der Waals surface area contributed by atoms with Crippen LogP contribution in [-0.2, 0) is 0 Å². The predicted octanol–water partition coefficient (Wildman–Crippen LogP) is 1.67. The summed E-state index contributed by atoms with van der Waals surface area (Å²) in [5.74, 6) is 3.93. The van der Waals surface area contributed by atoms with Crippen LogP contribution in [0.4, 0.5) is 5.69 Å². The van der Waals surface area contributed by atoms with E-state index < -0.39 is 0 Å². The molecule has 0 fully saturated rings. The van der Waals surface area contributed by atoms with Gasteiger partial charge >= 0.3 is 0 Å². The maximum atomic E-state index is 11.8. The van der Waals surface area contributed by atoms with Gasteiger partial charge in [0.05, 0.1) is 5.75 Å². The summed E-state index contributed by atoms with van der Waals surface area (Å²) in [5, 5.41) is 2.83. The Labute approximate surface area is 106 Å². The number of carbonyl (C=O) groups is 1. The van der Waals surface area contributed by atoms with E-state index >= 15 is 0 Å². The Morgan fingerprint density at radius 2 is 2.29 bits per heavy atom. The van der Waals surface area contributed by atoms with E-state index in [1.54, 1.807) is 17.8 Å². The molecule has 0 heterocycles. The van der Waals surface area contributed by atoms with Crippen LogP contribution >= 0.6 is 11.8 Å². The first-order valence-electron chi connectivity index (χ1n) is 5.30. The van der Waals surface area contributed by atoms with Gasteiger partial charge in [0, 0.05) is 23.5 Å². The van der Waals surface area contributed by atoms with Crippen molar-refractivity contribution < 1.29 is 4.79 Å². The van der Waals surface area contributed by atoms with Gasteiger partial charge < -0.3 is 11.1 Å². The SMILES string of the molecule is C#CCSCCNC(=O)c1cc(C)cc(N)c1. The summed E-state index contributed by atoms with van der Waals surface area (Å²) in [5.41, 5.74) is 7.88. The van der Waals surface area contributed by atoms with Crippen LogP contribution in [0, 0.1) is 19.3 Å². The molecule has 0 spiro atoms. The first-order valence-corrected chi connectivity index (χ1v) is 6.45. The van der Waals surface area contributed by atoms with E-state index in [9.17, 15) is 4.79 Å². The van der Waals surface area contributed by atoms with Gasteiger partial charge in [0.15, 0.2) is 0 Å². The molecule has 0 aliphatic heterocycles. The Morgan fingerprint density at radius 1 is 1.53 bits per heavy atom. The van der Waals surface area contributed by atoms with Crippen molar-refractivity contribution in [2.75, 3.05) is 23.8 Å². The standard InChI is InChI=1S/C13H16N2OS/c1-3-5-17-6-4-15-13(16)11-7-10(2)8-12(14)9-11/h1,7-9H,4-6,14H2,2H3,(H,15,16). The van der Waals surface area contributed by atoms with Crippen LogP contribution in [0.3, 0.4) is 0 Å². The minimum Gasteiger partial charge on any atom is -0.399 e. The zero-order valence-electron chi connectivity index (χ0n) is 9.82. The third kappa shape index (κ3) is 4.83. The molecule has 0 bridgehead atoms. The molecule has 0 saturated heterocycles. The molecule has 0 aliphatic rings. The molecular weight excluding hydrogens is 232 g/mol. The molecular formula is C13H16N2OS. The number of nitrogens with two attached hydrogens (primary N) is 1. The fourth-order valence-electron chi connectivity index (χ4n) is 1.41. The highest BCUT2D eigenvalue weighted by molar-refractivity contribution is 7.99. The van der Waals surface area contributed by atoms with Crippen molar-refractivity contribution in [3.63, 3.8) is 0 Å². The zero-order chi connectivity index (χ0) is 12.7. The molecule has 0 saturated carbocycles. The third-order valence-electron chi connectivity index (χ3n) is 2.08. The summed E-state index contributed by atoms with van der Waals surface area (Å²) in [6.07, 6.45) is 5.12. The molecule has 17 heavy (non-hydrogen) atoms. The second-order valence-corrected chi connectivity index (χ2v) is 4.75. The molecule has 90 valence electrons. The van der Waals surface area contributed by atoms with Gasteiger partial charge in [-0.15, -0.1) is 18.2 Å². The van der Waals surface area contributed by atoms with Gasteiger partial charge in [-0.2, -0.15) is 0 Å². The van der Waals surface area contributed by atoms with Crippen molar-refractivity contribution in [1.82, 2.24) is 5.32 Å². The Balaban J connectivity index is 2.44. The first-order chi connectivity index (χ1) is 8.13. The van der Waals surface area contributed by atoms with E-state index in [4.69, 9.17) is 12.2 Å². The van der Waals surface area contributed by atoms with Crippen LogP contribution < -0.4 is 11.1 Å². The van der Waals surface area contributed by atoms with Crippen molar-refractivity contribution in [3.8, 4) is 12.3 Å². The lowest BCUT2D eigenvalue weighted by Gasteiger charge is -2.06. The van der Waals surface area contributed by atoms with Gasteiger partial charge in [-0.05, 0) is 30.7 Å². The molecule has 1 rings (SSSR count). The number of hydrogen-bond acceptors (Lipinski definition) is 3. The zero-order valence-corrected chi connectivity index (χ0v) is 10.6. The minimum atomic E-state index is -0.0956. The molecule has 0 unspecified atom stereocenters. The predicted molar refractivity (Wildman–Crippen MR) is 74.1 cm³/mol. The summed E-state index contributed by atoms with van der Waals surface area (Å²) in [6.45, 7) is 2.52. The van der Waals surface area contributed by atoms with Crippen molar-refractivity contribution in [1.29, 1.82) is 0 Å². The summed E-state index contributed by atoms with van der Waals surface area (Å²) >= 11 is 1.62. The highest BCUT2D eigenvalue weighted by Gasteiger charge is 2.05. The second-order valence-electron chi connectivity index (χ2n) is 3.64. The molecule has 0 radical (unpaired) electrons. The van der Waals surface area contributed by atoms with Gasteiger partial charge in [0.1, 0.15) is 0 Å². The quantitative estimate of drug-likeness (QED) is 0.473. The van der Waals surface area contributed by atoms with Gasteiger partial charge in [-0.3, -0.25) is 4.79 Å². The number of nitrogens with one attached hydrogen (secondary N) is 1. The Bertz CT molecular complexity index is 417. The average molecular weight is 248 g/mol. The fourth-order valence-corrected chi connectivity index (χ4v) is 1.92. The number of thioether (sulfide) groups is 1. The van der Waals surface area contributed by atoms with Gasteiger partial charge in [0.2, 0.25) is 0 Å². The number of nitrogen functional groups attached to an aromatic ring is 1. The molecule has 3 N–H and O–H groups in total. The molecule has 3 nitrogen and oxygen atoms in total. The smallest absolute Gasteiger partial charge is 0.251 e. The number of anilines is 1. The Hall–Kier alpha value is -1.60. The Morgan fingerprint density at radius 3 is 2.94 bits per heavy atom. The molecule has 4 heteroatoms.